The molecular weight excluding hydrogens is 270 g/mol. The van der Waals surface area contributed by atoms with Crippen LogP contribution in [0.4, 0.5) is 16.2 Å². The van der Waals surface area contributed by atoms with Crippen molar-refractivity contribution < 1.29 is 14.7 Å². The Morgan fingerprint density at radius 2 is 2.00 bits per heavy atom. The molecule has 0 aromatic heterocycles. The molecule has 1 heterocycles. The van der Waals surface area contributed by atoms with Crippen LogP contribution in [0.2, 0.25) is 0 Å². The number of urea groups is 1. The molecule has 1 saturated heterocycles. The van der Waals surface area contributed by atoms with Gasteiger partial charge in [-0.3, -0.25) is 4.79 Å². The second kappa shape index (κ2) is 7.52. The van der Waals surface area contributed by atoms with Crippen molar-refractivity contribution in [1.82, 2.24) is 5.32 Å². The van der Waals surface area contributed by atoms with E-state index >= 15 is 0 Å². The molecule has 0 saturated carbocycles. The Hall–Kier alpha value is -2.24. The number of rotatable bonds is 6. The summed E-state index contributed by atoms with van der Waals surface area (Å²) in [5.74, 6) is -0.851. The Balaban J connectivity index is 1.80. The monoisotopic (exact) mass is 291 g/mol. The highest BCUT2D eigenvalue weighted by Gasteiger charge is 2.12. The average molecular weight is 291 g/mol. The first-order valence-electron chi connectivity index (χ1n) is 7.27. The Labute approximate surface area is 124 Å². The minimum atomic E-state index is -0.851. The van der Waals surface area contributed by atoms with E-state index < -0.39 is 5.97 Å². The molecule has 0 bridgehead atoms. The van der Waals surface area contributed by atoms with E-state index in [1.807, 2.05) is 24.3 Å². The molecule has 1 fully saturated rings. The summed E-state index contributed by atoms with van der Waals surface area (Å²) in [7, 11) is 0. The van der Waals surface area contributed by atoms with Gasteiger partial charge in [-0.15, -0.1) is 0 Å². The summed E-state index contributed by atoms with van der Waals surface area (Å²) in [6, 6.07) is 7.46. The molecule has 114 valence electrons. The molecule has 1 aromatic carbocycles. The van der Waals surface area contributed by atoms with Gasteiger partial charge in [-0.05, 0) is 37.5 Å². The summed E-state index contributed by atoms with van der Waals surface area (Å²) >= 11 is 0. The molecule has 6 heteroatoms. The normalized spacial score (nSPS) is 14.0. The second-order valence-electron chi connectivity index (χ2n) is 5.12. The van der Waals surface area contributed by atoms with Crippen molar-refractivity contribution in [3.05, 3.63) is 24.3 Å². The van der Waals surface area contributed by atoms with Crippen molar-refractivity contribution in [3.8, 4) is 0 Å². The van der Waals surface area contributed by atoms with Crippen LogP contribution in [0.3, 0.4) is 0 Å². The molecule has 0 unspecified atom stereocenters. The number of carbonyl (C=O) groups excluding carboxylic acids is 1. The van der Waals surface area contributed by atoms with Crippen LogP contribution >= 0.6 is 0 Å². The summed E-state index contributed by atoms with van der Waals surface area (Å²) in [5.41, 5.74) is 1.87. The molecule has 6 nitrogen and oxygen atoms in total. The first-order chi connectivity index (χ1) is 10.1. The largest absolute Gasteiger partial charge is 0.481 e. The minimum absolute atomic E-state index is 0.0602. The van der Waals surface area contributed by atoms with E-state index in [-0.39, 0.29) is 12.5 Å². The summed E-state index contributed by atoms with van der Waals surface area (Å²) in [5, 5.41) is 13.9. The van der Waals surface area contributed by atoms with Crippen molar-refractivity contribution in [2.45, 2.75) is 25.7 Å². The second-order valence-corrected chi connectivity index (χ2v) is 5.12. The van der Waals surface area contributed by atoms with Gasteiger partial charge in [-0.2, -0.15) is 0 Å². The predicted molar refractivity (Wildman–Crippen MR) is 81.8 cm³/mol. The van der Waals surface area contributed by atoms with Gasteiger partial charge in [0.15, 0.2) is 0 Å². The van der Waals surface area contributed by atoms with Crippen LogP contribution in [0, 0.1) is 0 Å². The molecule has 0 aliphatic carbocycles. The van der Waals surface area contributed by atoms with E-state index in [9.17, 15) is 9.59 Å². The Morgan fingerprint density at radius 1 is 1.24 bits per heavy atom. The topological polar surface area (TPSA) is 81.7 Å². The van der Waals surface area contributed by atoms with Gasteiger partial charge < -0.3 is 20.6 Å². The Kier molecular flexibility index (Phi) is 5.43. The van der Waals surface area contributed by atoms with Crippen LogP contribution in [0.15, 0.2) is 24.3 Å². The van der Waals surface area contributed by atoms with Gasteiger partial charge in [-0.1, -0.05) is 6.07 Å². The zero-order valence-corrected chi connectivity index (χ0v) is 12.0. The molecule has 1 aliphatic rings. The van der Waals surface area contributed by atoms with Crippen molar-refractivity contribution in [2.75, 3.05) is 29.9 Å². The number of anilines is 2. The zero-order valence-electron chi connectivity index (χ0n) is 12.0. The first-order valence-corrected chi connectivity index (χ1v) is 7.27. The third-order valence-electron chi connectivity index (χ3n) is 3.43. The summed E-state index contributed by atoms with van der Waals surface area (Å²) in [6.07, 6.45) is 2.91. The third-order valence-corrected chi connectivity index (χ3v) is 3.43. The number of amides is 2. The molecule has 0 atom stereocenters. The maximum atomic E-state index is 11.7. The lowest BCUT2D eigenvalue weighted by molar-refractivity contribution is -0.137. The fourth-order valence-corrected chi connectivity index (χ4v) is 2.37. The average Bonchev–Trinajstić information content (AvgIpc) is 2.98. The predicted octanol–water partition coefficient (Wildman–Crippen LogP) is 2.27. The zero-order chi connectivity index (χ0) is 15.1. The number of carbonyl (C=O) groups is 2. The van der Waals surface area contributed by atoms with E-state index in [1.54, 1.807) is 0 Å². The lowest BCUT2D eigenvalue weighted by atomic mass is 10.2. The fraction of sp³-hybridized carbons (Fsp3) is 0.467. The molecule has 21 heavy (non-hydrogen) atoms. The molecule has 0 radical (unpaired) electrons. The van der Waals surface area contributed by atoms with Gasteiger partial charge in [-0.25, -0.2) is 4.79 Å². The van der Waals surface area contributed by atoms with Gasteiger partial charge in [0.05, 0.1) is 0 Å². The standard InChI is InChI=1S/C15H21N3O3/c19-14(20)7-4-8-16-15(21)17-12-5-3-6-13(11-12)18-9-1-2-10-18/h3,5-6,11H,1-2,4,7-10H2,(H,19,20)(H2,16,17,21). The smallest absolute Gasteiger partial charge is 0.319 e. The number of benzene rings is 1. The number of hydrogen-bond donors (Lipinski definition) is 3. The summed E-state index contributed by atoms with van der Waals surface area (Å²) in [4.78, 5) is 24.4. The minimum Gasteiger partial charge on any atom is -0.481 e. The number of carboxylic acid groups (broad SMARTS) is 1. The van der Waals surface area contributed by atoms with Gasteiger partial charge in [0.2, 0.25) is 0 Å². The highest BCUT2D eigenvalue weighted by atomic mass is 16.4. The Morgan fingerprint density at radius 3 is 2.71 bits per heavy atom. The molecule has 2 amide bonds. The highest BCUT2D eigenvalue weighted by molar-refractivity contribution is 5.89. The van der Waals surface area contributed by atoms with Crippen molar-refractivity contribution in [2.24, 2.45) is 0 Å². The number of aliphatic carboxylic acids is 1. The lowest BCUT2D eigenvalue weighted by Crippen LogP contribution is -2.29. The molecule has 0 spiro atoms. The Bertz CT molecular complexity index is 499. The molecular formula is C15H21N3O3. The van der Waals surface area contributed by atoms with Gasteiger partial charge in [0, 0.05) is 37.4 Å². The van der Waals surface area contributed by atoms with Crippen LogP contribution in [-0.2, 0) is 4.79 Å². The van der Waals surface area contributed by atoms with Gasteiger partial charge in [0.25, 0.3) is 0 Å². The van der Waals surface area contributed by atoms with Crippen LogP contribution in [-0.4, -0.2) is 36.7 Å². The number of carboxylic acids is 1. The fourth-order valence-electron chi connectivity index (χ4n) is 2.37. The molecule has 2 rings (SSSR count). The van der Waals surface area contributed by atoms with Crippen LogP contribution in [0.5, 0.6) is 0 Å². The quantitative estimate of drug-likeness (QED) is 0.702. The maximum absolute atomic E-state index is 11.7. The van der Waals surface area contributed by atoms with Gasteiger partial charge >= 0.3 is 12.0 Å². The lowest BCUT2D eigenvalue weighted by Gasteiger charge is -2.18. The number of nitrogens with zero attached hydrogens (tertiary/aromatic N) is 1. The summed E-state index contributed by atoms with van der Waals surface area (Å²) in [6.45, 7) is 2.47. The van der Waals surface area contributed by atoms with E-state index in [0.29, 0.717) is 13.0 Å². The SMILES string of the molecule is O=C(O)CCCNC(=O)Nc1cccc(N2CCCC2)c1. The first kappa shape index (κ1) is 15.2. The summed E-state index contributed by atoms with van der Waals surface area (Å²) < 4.78 is 0. The third kappa shape index (κ3) is 4.98. The van der Waals surface area contributed by atoms with Crippen molar-refractivity contribution >= 4 is 23.4 Å². The molecule has 1 aromatic rings. The number of hydrogen-bond acceptors (Lipinski definition) is 3. The number of nitrogens with one attached hydrogen (secondary N) is 2. The van der Waals surface area contributed by atoms with Crippen LogP contribution in [0.1, 0.15) is 25.7 Å². The molecule has 3 N–H and O–H groups in total. The molecule has 1 aliphatic heterocycles. The van der Waals surface area contributed by atoms with Crippen LogP contribution < -0.4 is 15.5 Å². The van der Waals surface area contributed by atoms with Crippen molar-refractivity contribution in [3.63, 3.8) is 0 Å². The van der Waals surface area contributed by atoms with E-state index in [1.165, 1.54) is 12.8 Å². The maximum Gasteiger partial charge on any atom is 0.319 e. The van der Waals surface area contributed by atoms with Crippen molar-refractivity contribution in [1.29, 1.82) is 0 Å². The highest BCUT2D eigenvalue weighted by Crippen LogP contribution is 2.23. The van der Waals surface area contributed by atoms with Crippen LogP contribution in [0.25, 0.3) is 0 Å². The van der Waals surface area contributed by atoms with Gasteiger partial charge in [0.1, 0.15) is 0 Å². The van der Waals surface area contributed by atoms with E-state index in [0.717, 1.165) is 24.5 Å². The van der Waals surface area contributed by atoms with E-state index in [4.69, 9.17) is 5.11 Å². The van der Waals surface area contributed by atoms with E-state index in [2.05, 4.69) is 15.5 Å².